The predicted octanol–water partition coefficient (Wildman–Crippen LogP) is 0.584. The Hall–Kier alpha value is -1.01. The lowest BCUT2D eigenvalue weighted by Gasteiger charge is -2.58. The number of hydrogen-bond acceptors (Lipinski definition) is 4. The Bertz CT molecular complexity index is 485. The number of hydrogen-bond donors (Lipinski definition) is 3. The van der Waals surface area contributed by atoms with Crippen LogP contribution in [0.2, 0.25) is 0 Å². The smallest absolute Gasteiger partial charge is 0.161 e. The molecular formula is C14H20FN3O. The fraction of sp³-hybridized carbons (Fsp3) is 0.571. The molecule has 1 aromatic rings. The zero-order valence-corrected chi connectivity index (χ0v) is 11.3. The van der Waals surface area contributed by atoms with E-state index < -0.39 is 6.35 Å². The zero-order chi connectivity index (χ0) is 13.7. The molecule has 1 aliphatic heterocycles. The molecular weight excluding hydrogens is 245 g/mol. The molecule has 104 valence electrons. The topological polar surface area (TPSA) is 47.5 Å². The van der Waals surface area contributed by atoms with Crippen molar-refractivity contribution in [1.82, 2.24) is 15.5 Å². The van der Waals surface area contributed by atoms with Gasteiger partial charge in [0.1, 0.15) is 5.82 Å². The normalized spacial score (nSPS) is 37.8. The largest absolute Gasteiger partial charge is 0.365 e. The standard InChI is InChI=1S/C14H20FN3O/c1-18(2)14(10-4-3-5-11(15)6-10)7-13(8-14)9-16-12(19)17-13/h3-6,12,16-17,19H,7-9H2,1-2H3. The van der Waals surface area contributed by atoms with E-state index in [-0.39, 0.29) is 16.9 Å². The van der Waals surface area contributed by atoms with E-state index in [0.29, 0.717) is 0 Å². The molecule has 2 fully saturated rings. The molecule has 19 heavy (non-hydrogen) atoms. The summed E-state index contributed by atoms with van der Waals surface area (Å²) in [5.41, 5.74) is 0.780. The van der Waals surface area contributed by atoms with Crippen molar-refractivity contribution < 1.29 is 9.50 Å². The van der Waals surface area contributed by atoms with Crippen LogP contribution in [-0.4, -0.2) is 42.5 Å². The summed E-state index contributed by atoms with van der Waals surface area (Å²) < 4.78 is 13.5. The van der Waals surface area contributed by atoms with Gasteiger partial charge in [0.05, 0.1) is 0 Å². The summed E-state index contributed by atoms with van der Waals surface area (Å²) in [5.74, 6) is -0.197. The van der Waals surface area contributed by atoms with Gasteiger partial charge in [-0.05, 0) is 44.6 Å². The van der Waals surface area contributed by atoms with Gasteiger partial charge in [0, 0.05) is 17.6 Å². The SMILES string of the molecule is CN(C)C1(c2cccc(F)c2)CC2(CNC(O)N2)C1. The average molecular weight is 265 g/mol. The molecule has 5 heteroatoms. The van der Waals surface area contributed by atoms with Gasteiger partial charge < -0.3 is 5.11 Å². The summed E-state index contributed by atoms with van der Waals surface area (Å²) in [6.45, 7) is 0.749. The van der Waals surface area contributed by atoms with E-state index in [0.717, 1.165) is 24.9 Å². The third kappa shape index (κ3) is 1.97. The molecule has 0 amide bonds. The monoisotopic (exact) mass is 265 g/mol. The van der Waals surface area contributed by atoms with E-state index in [4.69, 9.17) is 0 Å². The molecule has 0 radical (unpaired) electrons. The van der Waals surface area contributed by atoms with Gasteiger partial charge in [0.25, 0.3) is 0 Å². The lowest BCUT2D eigenvalue weighted by atomic mass is 9.59. The number of rotatable bonds is 2. The van der Waals surface area contributed by atoms with Crippen LogP contribution in [0.25, 0.3) is 0 Å². The summed E-state index contributed by atoms with van der Waals surface area (Å²) in [4.78, 5) is 2.15. The third-order valence-corrected chi connectivity index (χ3v) is 4.56. The van der Waals surface area contributed by atoms with Crippen molar-refractivity contribution in [3.63, 3.8) is 0 Å². The minimum atomic E-state index is -0.632. The Morgan fingerprint density at radius 2 is 2.11 bits per heavy atom. The molecule has 2 aliphatic rings. The highest BCUT2D eigenvalue weighted by atomic mass is 19.1. The molecule has 1 atom stereocenters. The van der Waals surface area contributed by atoms with Crippen LogP contribution in [0.1, 0.15) is 18.4 Å². The maximum absolute atomic E-state index is 13.5. The summed E-state index contributed by atoms with van der Waals surface area (Å²) in [7, 11) is 4.05. The highest BCUT2D eigenvalue weighted by Gasteiger charge is 2.58. The van der Waals surface area contributed by atoms with Crippen LogP contribution in [0.3, 0.4) is 0 Å². The lowest BCUT2D eigenvalue weighted by molar-refractivity contribution is -0.0315. The summed E-state index contributed by atoms with van der Waals surface area (Å²) >= 11 is 0. The van der Waals surface area contributed by atoms with Crippen molar-refractivity contribution in [1.29, 1.82) is 0 Å². The van der Waals surface area contributed by atoms with Crippen LogP contribution in [0, 0.1) is 5.82 Å². The summed E-state index contributed by atoms with van der Waals surface area (Å²) in [6.07, 6.45) is 1.09. The number of benzene rings is 1. The van der Waals surface area contributed by atoms with E-state index in [2.05, 4.69) is 15.5 Å². The van der Waals surface area contributed by atoms with Crippen LogP contribution in [0.5, 0.6) is 0 Å². The van der Waals surface area contributed by atoms with E-state index >= 15 is 0 Å². The lowest BCUT2D eigenvalue weighted by Crippen LogP contribution is -2.67. The van der Waals surface area contributed by atoms with Crippen molar-refractivity contribution in [3.8, 4) is 0 Å². The average Bonchev–Trinajstić information content (AvgIpc) is 2.68. The first-order chi connectivity index (χ1) is 8.96. The molecule has 3 N–H and O–H groups in total. The molecule has 1 aliphatic carbocycles. The van der Waals surface area contributed by atoms with E-state index in [1.165, 1.54) is 6.07 Å². The Kier molecular flexibility index (Phi) is 2.90. The maximum atomic E-state index is 13.5. The highest BCUT2D eigenvalue weighted by Crippen LogP contribution is 2.52. The molecule has 3 rings (SSSR count). The minimum absolute atomic E-state index is 0.0734. The quantitative estimate of drug-likeness (QED) is 0.732. The van der Waals surface area contributed by atoms with Gasteiger partial charge in [-0.1, -0.05) is 12.1 Å². The molecule has 1 spiro atoms. The van der Waals surface area contributed by atoms with Crippen molar-refractivity contribution in [2.75, 3.05) is 20.6 Å². The Balaban J connectivity index is 1.88. The van der Waals surface area contributed by atoms with Gasteiger partial charge in [0.2, 0.25) is 0 Å². The maximum Gasteiger partial charge on any atom is 0.161 e. The second kappa shape index (κ2) is 4.24. The van der Waals surface area contributed by atoms with Gasteiger partial charge in [-0.3, -0.25) is 15.5 Å². The molecule has 1 heterocycles. The number of aliphatic hydroxyl groups is 1. The first kappa shape index (κ1) is 13.0. The molecule has 1 saturated carbocycles. The Morgan fingerprint density at radius 1 is 1.37 bits per heavy atom. The molecule has 1 saturated heterocycles. The van der Waals surface area contributed by atoms with Crippen LogP contribution in [0.4, 0.5) is 4.39 Å². The fourth-order valence-electron chi connectivity index (χ4n) is 3.54. The number of aliphatic hydroxyl groups excluding tert-OH is 1. The summed E-state index contributed by atoms with van der Waals surface area (Å²) in [5, 5.41) is 15.7. The van der Waals surface area contributed by atoms with Gasteiger partial charge in [-0.15, -0.1) is 0 Å². The molecule has 4 nitrogen and oxygen atoms in total. The van der Waals surface area contributed by atoms with E-state index in [1.807, 2.05) is 20.2 Å². The second-order valence-corrected chi connectivity index (χ2v) is 6.00. The summed E-state index contributed by atoms with van der Waals surface area (Å²) in [6, 6.07) is 6.83. The highest BCUT2D eigenvalue weighted by molar-refractivity contribution is 5.33. The zero-order valence-electron chi connectivity index (χ0n) is 11.3. The van der Waals surface area contributed by atoms with E-state index in [9.17, 15) is 9.50 Å². The van der Waals surface area contributed by atoms with Crippen LogP contribution in [-0.2, 0) is 5.54 Å². The minimum Gasteiger partial charge on any atom is -0.365 e. The van der Waals surface area contributed by atoms with Gasteiger partial charge in [-0.25, -0.2) is 4.39 Å². The van der Waals surface area contributed by atoms with Crippen LogP contribution >= 0.6 is 0 Å². The van der Waals surface area contributed by atoms with Crippen molar-refractivity contribution in [3.05, 3.63) is 35.6 Å². The third-order valence-electron chi connectivity index (χ3n) is 4.56. The van der Waals surface area contributed by atoms with Gasteiger partial charge in [0.15, 0.2) is 6.35 Å². The van der Waals surface area contributed by atoms with Gasteiger partial charge >= 0.3 is 0 Å². The first-order valence-electron chi connectivity index (χ1n) is 6.59. The van der Waals surface area contributed by atoms with Crippen molar-refractivity contribution in [2.24, 2.45) is 0 Å². The van der Waals surface area contributed by atoms with Crippen LogP contribution in [0.15, 0.2) is 24.3 Å². The molecule has 0 bridgehead atoms. The first-order valence-corrected chi connectivity index (χ1v) is 6.59. The fourth-order valence-corrected chi connectivity index (χ4v) is 3.54. The molecule has 1 aromatic carbocycles. The van der Waals surface area contributed by atoms with Crippen molar-refractivity contribution in [2.45, 2.75) is 30.3 Å². The van der Waals surface area contributed by atoms with Crippen molar-refractivity contribution >= 4 is 0 Å². The Morgan fingerprint density at radius 3 is 2.63 bits per heavy atom. The number of halogens is 1. The van der Waals surface area contributed by atoms with Crippen LogP contribution < -0.4 is 10.6 Å². The van der Waals surface area contributed by atoms with Gasteiger partial charge in [-0.2, -0.15) is 0 Å². The molecule has 0 aromatic heterocycles. The second-order valence-electron chi connectivity index (χ2n) is 6.00. The molecule has 1 unspecified atom stereocenters. The number of nitrogens with zero attached hydrogens (tertiary/aromatic N) is 1. The Labute approximate surface area is 112 Å². The van der Waals surface area contributed by atoms with E-state index in [1.54, 1.807) is 12.1 Å². The number of nitrogens with one attached hydrogen (secondary N) is 2. The predicted molar refractivity (Wildman–Crippen MR) is 70.9 cm³/mol.